The van der Waals surface area contributed by atoms with Gasteiger partial charge in [-0.2, -0.15) is 0 Å². The molecule has 0 saturated carbocycles. The first-order valence-corrected chi connectivity index (χ1v) is 5.92. The number of ether oxygens (including phenoxy) is 1. The zero-order valence-corrected chi connectivity index (χ0v) is 10.9. The molecule has 0 aliphatic heterocycles. The molecule has 0 spiro atoms. The first-order chi connectivity index (χ1) is 9.61. The highest BCUT2D eigenvalue weighted by Gasteiger charge is 2.14. The number of benzene rings is 1. The number of para-hydroxylation sites is 1. The first-order valence-electron chi connectivity index (χ1n) is 5.92. The molecule has 0 saturated heterocycles. The van der Waals surface area contributed by atoms with Crippen molar-refractivity contribution in [1.82, 2.24) is 0 Å². The molecule has 1 amide bonds. The largest absolute Gasteiger partial charge is 0.496 e. The van der Waals surface area contributed by atoms with Crippen LogP contribution >= 0.6 is 0 Å². The number of primary amides is 1. The molecule has 0 aromatic heterocycles. The van der Waals surface area contributed by atoms with Gasteiger partial charge in [-0.25, -0.2) is 0 Å². The molecule has 0 heterocycles. The Hall–Kier alpha value is -2.71. The van der Waals surface area contributed by atoms with Crippen LogP contribution in [0.3, 0.4) is 0 Å². The van der Waals surface area contributed by atoms with Gasteiger partial charge in [-0.05, 0) is 18.2 Å². The van der Waals surface area contributed by atoms with Gasteiger partial charge in [0.05, 0.1) is 18.2 Å². The number of methoxy groups -OCH3 is 1. The van der Waals surface area contributed by atoms with E-state index >= 15 is 0 Å². The molecule has 1 aliphatic carbocycles. The summed E-state index contributed by atoms with van der Waals surface area (Å²) in [7, 11) is 1.52. The molecule has 0 radical (unpaired) electrons. The van der Waals surface area contributed by atoms with Gasteiger partial charge in [0.15, 0.2) is 6.23 Å². The molecule has 0 fully saturated rings. The molecule has 20 heavy (non-hydrogen) atoms. The number of hydrogen-bond donors (Lipinski definition) is 3. The smallest absolute Gasteiger partial charge is 0.250 e. The number of carbonyl (C=O) groups excluding carboxylic acids is 1. The first kappa shape index (κ1) is 13.7. The fraction of sp³-hybridized carbons (Fsp3) is 0.133. The topological polar surface area (TPSA) is 84.6 Å². The van der Waals surface area contributed by atoms with Gasteiger partial charge in [-0.15, -0.1) is 0 Å². The van der Waals surface area contributed by atoms with E-state index in [4.69, 9.17) is 10.5 Å². The van der Waals surface area contributed by atoms with Gasteiger partial charge in [-0.3, -0.25) is 4.79 Å². The summed E-state index contributed by atoms with van der Waals surface area (Å²) in [4.78, 5) is 11.3. The van der Waals surface area contributed by atoms with Crippen LogP contribution in [0.25, 0.3) is 0 Å². The minimum absolute atomic E-state index is 0.304. The van der Waals surface area contributed by atoms with E-state index in [-0.39, 0.29) is 0 Å². The number of aliphatic hydroxyl groups is 1. The Labute approximate surface area is 116 Å². The van der Waals surface area contributed by atoms with E-state index in [1.54, 1.807) is 36.4 Å². The second-order valence-corrected chi connectivity index (χ2v) is 4.08. The van der Waals surface area contributed by atoms with E-state index < -0.39 is 12.1 Å². The summed E-state index contributed by atoms with van der Waals surface area (Å²) in [6.07, 6.45) is 2.18. The van der Waals surface area contributed by atoms with Crippen LogP contribution in [0.1, 0.15) is 10.4 Å². The monoisotopic (exact) mass is 270 g/mol. The van der Waals surface area contributed by atoms with Crippen LogP contribution in [0.15, 0.2) is 59.2 Å². The van der Waals surface area contributed by atoms with E-state index in [9.17, 15) is 9.90 Å². The lowest BCUT2D eigenvalue weighted by molar-refractivity contribution is 0.100. The highest BCUT2D eigenvalue weighted by molar-refractivity contribution is 5.98. The predicted molar refractivity (Wildman–Crippen MR) is 74.8 cm³/mol. The summed E-state index contributed by atoms with van der Waals surface area (Å²) in [5.74, 6) is -0.00993. The second-order valence-electron chi connectivity index (χ2n) is 4.08. The van der Waals surface area contributed by atoms with Crippen molar-refractivity contribution in [3.05, 3.63) is 64.8 Å². The van der Waals surface area contributed by atoms with Crippen LogP contribution < -0.4 is 11.1 Å². The highest BCUT2D eigenvalue weighted by Crippen LogP contribution is 2.18. The van der Waals surface area contributed by atoms with E-state index in [0.717, 1.165) is 0 Å². The molecular formula is C15H14N2O3. The highest BCUT2D eigenvalue weighted by atomic mass is 16.5. The third-order valence-corrected chi connectivity index (χ3v) is 2.74. The van der Waals surface area contributed by atoms with Gasteiger partial charge in [-0.1, -0.05) is 23.6 Å². The van der Waals surface area contributed by atoms with Crippen molar-refractivity contribution in [3.8, 4) is 0 Å². The summed E-state index contributed by atoms with van der Waals surface area (Å²) in [6.45, 7) is 0. The predicted octanol–water partition coefficient (Wildman–Crippen LogP) is 1.30. The molecule has 2 rings (SSSR count). The summed E-state index contributed by atoms with van der Waals surface area (Å²) in [6, 6.07) is 6.68. The van der Waals surface area contributed by atoms with Crippen LogP contribution in [-0.2, 0) is 4.74 Å². The maximum absolute atomic E-state index is 11.3. The molecule has 102 valence electrons. The summed E-state index contributed by atoms with van der Waals surface area (Å²) < 4.78 is 5.05. The van der Waals surface area contributed by atoms with Gasteiger partial charge in [0, 0.05) is 11.8 Å². The third kappa shape index (κ3) is 2.99. The van der Waals surface area contributed by atoms with E-state index in [2.05, 4.69) is 16.8 Å². The number of allylic oxidation sites excluding steroid dienone is 1. The zero-order chi connectivity index (χ0) is 14.5. The molecule has 0 bridgehead atoms. The molecule has 1 aromatic carbocycles. The van der Waals surface area contributed by atoms with Gasteiger partial charge in [0.2, 0.25) is 0 Å². The molecule has 5 heteroatoms. The molecule has 1 unspecified atom stereocenters. The van der Waals surface area contributed by atoms with Crippen molar-refractivity contribution in [2.75, 3.05) is 12.4 Å². The second kappa shape index (κ2) is 5.95. The summed E-state index contributed by atoms with van der Waals surface area (Å²) >= 11 is 0. The summed E-state index contributed by atoms with van der Waals surface area (Å²) in [5.41, 5.74) is 12.0. The average Bonchev–Trinajstić information content (AvgIpc) is 2.47. The molecule has 1 aromatic rings. The number of aliphatic hydroxyl groups excluding tert-OH is 1. The Morgan fingerprint density at radius 1 is 1.45 bits per heavy atom. The third-order valence-electron chi connectivity index (χ3n) is 2.74. The number of carbonyl (C=O) groups is 1. The molecular weight excluding hydrogens is 256 g/mol. The molecule has 4 N–H and O–H groups in total. The van der Waals surface area contributed by atoms with Crippen LogP contribution in [0.4, 0.5) is 5.69 Å². The number of hydrogen-bond acceptors (Lipinski definition) is 4. The summed E-state index contributed by atoms with van der Waals surface area (Å²) in [5, 5.41) is 12.9. The molecule has 5 nitrogen and oxygen atoms in total. The Morgan fingerprint density at radius 3 is 2.90 bits per heavy atom. The Balaban J connectivity index is 2.24. The van der Waals surface area contributed by atoms with E-state index in [1.165, 1.54) is 7.11 Å². The van der Waals surface area contributed by atoms with E-state index in [0.29, 0.717) is 22.6 Å². The SMILES string of the molecule is COC1=CC(C(O)Nc2ccccc2C(N)=O)=C=C=C1. The van der Waals surface area contributed by atoms with Crippen molar-refractivity contribution in [1.29, 1.82) is 0 Å². The lowest BCUT2D eigenvalue weighted by Crippen LogP contribution is -2.23. The zero-order valence-electron chi connectivity index (χ0n) is 10.9. The number of anilines is 1. The number of amides is 1. The number of nitrogens with one attached hydrogen (secondary N) is 1. The standard InChI is InChI=1S/C15H14N2O3/c1-20-11-6-4-5-10(9-11)15(19)17-13-8-3-2-7-12(13)14(16)18/h2-3,6-9,15,17,19H,1H3,(H2,16,18). The van der Waals surface area contributed by atoms with Gasteiger partial charge >= 0.3 is 0 Å². The fourth-order valence-corrected chi connectivity index (χ4v) is 1.74. The lowest BCUT2D eigenvalue weighted by Gasteiger charge is -2.16. The Kier molecular flexibility index (Phi) is 4.08. The van der Waals surface area contributed by atoms with Crippen molar-refractivity contribution in [2.24, 2.45) is 5.73 Å². The van der Waals surface area contributed by atoms with Crippen molar-refractivity contribution in [3.63, 3.8) is 0 Å². The Bertz CT molecular complexity index is 663. The number of rotatable bonds is 5. The van der Waals surface area contributed by atoms with Gasteiger partial charge in [0.25, 0.3) is 5.91 Å². The van der Waals surface area contributed by atoms with Crippen LogP contribution in [0.2, 0.25) is 0 Å². The molecule has 1 aliphatic rings. The minimum atomic E-state index is -1.05. The van der Waals surface area contributed by atoms with Crippen molar-refractivity contribution >= 4 is 11.6 Å². The minimum Gasteiger partial charge on any atom is -0.496 e. The van der Waals surface area contributed by atoms with Gasteiger partial charge < -0.3 is 20.9 Å². The molecule has 1 atom stereocenters. The Morgan fingerprint density at radius 2 is 2.20 bits per heavy atom. The van der Waals surface area contributed by atoms with Crippen LogP contribution in [0, 0.1) is 0 Å². The number of nitrogens with two attached hydrogens (primary N) is 1. The van der Waals surface area contributed by atoms with Crippen LogP contribution in [0.5, 0.6) is 0 Å². The maximum atomic E-state index is 11.3. The van der Waals surface area contributed by atoms with Gasteiger partial charge in [0.1, 0.15) is 5.76 Å². The normalized spacial score (nSPS) is 14.3. The fourth-order valence-electron chi connectivity index (χ4n) is 1.74. The lowest BCUT2D eigenvalue weighted by atomic mass is 10.1. The van der Waals surface area contributed by atoms with E-state index in [1.807, 2.05) is 0 Å². The average molecular weight is 270 g/mol. The van der Waals surface area contributed by atoms with Crippen molar-refractivity contribution < 1.29 is 14.6 Å². The van der Waals surface area contributed by atoms with Crippen molar-refractivity contribution in [2.45, 2.75) is 6.23 Å². The van der Waals surface area contributed by atoms with Crippen LogP contribution in [-0.4, -0.2) is 24.4 Å². The quantitative estimate of drug-likeness (QED) is 0.556. The maximum Gasteiger partial charge on any atom is 0.250 e.